The third-order valence-corrected chi connectivity index (χ3v) is 4.28. The van der Waals surface area contributed by atoms with Gasteiger partial charge in [0.15, 0.2) is 0 Å². The summed E-state index contributed by atoms with van der Waals surface area (Å²) in [4.78, 5) is 13.9. The quantitative estimate of drug-likeness (QED) is 0.822. The van der Waals surface area contributed by atoms with Gasteiger partial charge in [-0.3, -0.25) is 0 Å². The molecule has 0 aromatic rings. The number of hydrogen-bond donors (Lipinski definition) is 2. The van der Waals surface area contributed by atoms with Crippen molar-refractivity contribution in [2.45, 2.75) is 79.6 Å². The summed E-state index contributed by atoms with van der Waals surface area (Å²) in [6.45, 7) is 19.1. The van der Waals surface area contributed by atoms with Crippen LogP contribution in [0.25, 0.3) is 0 Å². The van der Waals surface area contributed by atoms with Gasteiger partial charge < -0.3 is 20.1 Å². The summed E-state index contributed by atoms with van der Waals surface area (Å²) in [6.07, 6.45) is -0.282. The van der Waals surface area contributed by atoms with Gasteiger partial charge in [-0.05, 0) is 34.6 Å². The van der Waals surface area contributed by atoms with E-state index in [-0.39, 0.29) is 17.6 Å². The Morgan fingerprint density at radius 1 is 1.14 bits per heavy atom. The highest BCUT2D eigenvalue weighted by Crippen LogP contribution is 2.35. The number of ether oxygens (including phenoxy) is 1. The summed E-state index contributed by atoms with van der Waals surface area (Å²) in [5.74, 6) is 0. The molecule has 0 aromatic heterocycles. The van der Waals surface area contributed by atoms with Gasteiger partial charge in [0.1, 0.15) is 5.60 Å². The minimum atomic E-state index is -0.832. The Morgan fingerprint density at radius 2 is 1.64 bits per heavy atom. The molecule has 1 amide bonds. The number of nitrogens with zero attached hydrogens (tertiary/aromatic N) is 1. The fourth-order valence-corrected chi connectivity index (χ4v) is 2.15. The molecule has 22 heavy (non-hydrogen) atoms. The van der Waals surface area contributed by atoms with Crippen LogP contribution in [0.1, 0.15) is 62.3 Å². The molecule has 1 aliphatic heterocycles. The lowest BCUT2D eigenvalue weighted by molar-refractivity contribution is -0.0679. The van der Waals surface area contributed by atoms with E-state index < -0.39 is 11.2 Å². The molecule has 0 bridgehead atoms. The zero-order valence-corrected chi connectivity index (χ0v) is 15.9. The Morgan fingerprint density at radius 3 is 2.05 bits per heavy atom. The van der Waals surface area contributed by atoms with Crippen molar-refractivity contribution in [3.8, 4) is 0 Å². The van der Waals surface area contributed by atoms with E-state index in [0.717, 1.165) is 0 Å². The summed E-state index contributed by atoms with van der Waals surface area (Å²) < 4.78 is 5.42. The molecular weight excluding hydrogens is 280 g/mol. The van der Waals surface area contributed by atoms with E-state index in [2.05, 4.69) is 5.32 Å². The number of nitrogens with one attached hydrogen (secondary N) is 1. The first-order valence-corrected chi connectivity index (χ1v) is 8.28. The number of aliphatic hydroxyl groups is 1. The Labute approximate surface area is 136 Å². The van der Waals surface area contributed by atoms with Crippen LogP contribution in [0.5, 0.6) is 0 Å². The molecule has 1 aliphatic rings. The van der Waals surface area contributed by atoms with Gasteiger partial charge in [0, 0.05) is 31.1 Å². The predicted octanol–water partition coefficient (Wildman–Crippen LogP) is 3.02. The predicted molar refractivity (Wildman–Crippen MR) is 91.0 cm³/mol. The average Bonchev–Trinajstić information content (AvgIpc) is 2.38. The number of piperazine rings is 1. The Hall–Kier alpha value is -0.810. The maximum absolute atomic E-state index is 12.1. The number of carbonyl (C=O) groups is 1. The van der Waals surface area contributed by atoms with Crippen LogP contribution in [0.2, 0.25) is 0 Å². The van der Waals surface area contributed by atoms with Crippen molar-refractivity contribution in [2.75, 3.05) is 19.6 Å². The van der Waals surface area contributed by atoms with Crippen LogP contribution in [-0.2, 0) is 4.74 Å². The van der Waals surface area contributed by atoms with Gasteiger partial charge in [-0.25, -0.2) is 4.79 Å². The van der Waals surface area contributed by atoms with E-state index in [9.17, 15) is 9.90 Å². The van der Waals surface area contributed by atoms with E-state index in [4.69, 9.17) is 4.74 Å². The number of hydrogen-bond acceptors (Lipinski definition) is 4. The second-order valence-corrected chi connectivity index (χ2v) is 7.71. The number of carbonyl (C=O) groups excluding carboxylic acids is 1. The standard InChI is InChI=1S/C15H30N2O3.C2H6/c1-13(2,3)20-12(18)17-9-8-16-11(10-17)14(4,5)15(6,7)19;1-2/h11,16,19H,8-10H2,1-7H3;1-2H3. The lowest BCUT2D eigenvalue weighted by Gasteiger charge is -2.47. The molecule has 0 spiro atoms. The van der Waals surface area contributed by atoms with Crippen LogP contribution < -0.4 is 5.32 Å². The maximum Gasteiger partial charge on any atom is 0.410 e. The molecule has 0 radical (unpaired) electrons. The highest BCUT2D eigenvalue weighted by atomic mass is 16.6. The van der Waals surface area contributed by atoms with Crippen molar-refractivity contribution in [3.63, 3.8) is 0 Å². The minimum absolute atomic E-state index is 0.0313. The Balaban J connectivity index is 0.00000211. The monoisotopic (exact) mass is 316 g/mol. The molecule has 0 saturated carbocycles. The van der Waals surface area contributed by atoms with Gasteiger partial charge in [0.2, 0.25) is 0 Å². The molecule has 1 unspecified atom stereocenters. The molecule has 132 valence electrons. The van der Waals surface area contributed by atoms with Crippen LogP contribution in [-0.4, -0.2) is 53.0 Å². The van der Waals surface area contributed by atoms with Crippen LogP contribution in [0.3, 0.4) is 0 Å². The Kier molecular flexibility index (Phi) is 7.36. The third kappa shape index (κ3) is 5.76. The molecule has 2 N–H and O–H groups in total. The molecular formula is C17H36N2O3. The van der Waals surface area contributed by atoms with Crippen LogP contribution in [0.15, 0.2) is 0 Å². The lowest BCUT2D eigenvalue weighted by atomic mass is 9.71. The molecule has 0 aliphatic carbocycles. The summed E-state index contributed by atoms with van der Waals surface area (Å²) in [5, 5.41) is 13.7. The second kappa shape index (κ2) is 7.64. The van der Waals surface area contributed by atoms with Gasteiger partial charge in [-0.1, -0.05) is 27.7 Å². The summed E-state index contributed by atoms with van der Waals surface area (Å²) in [5.41, 5.74) is -1.67. The van der Waals surface area contributed by atoms with Crippen molar-refractivity contribution in [1.29, 1.82) is 0 Å². The topological polar surface area (TPSA) is 61.8 Å². The smallest absolute Gasteiger partial charge is 0.410 e. The van der Waals surface area contributed by atoms with E-state index in [1.54, 1.807) is 18.7 Å². The molecule has 5 nitrogen and oxygen atoms in total. The fraction of sp³-hybridized carbons (Fsp3) is 0.941. The Bertz CT molecular complexity index is 354. The highest BCUT2D eigenvalue weighted by Gasteiger charge is 2.44. The maximum atomic E-state index is 12.1. The first-order valence-electron chi connectivity index (χ1n) is 8.28. The zero-order chi connectivity index (χ0) is 17.8. The minimum Gasteiger partial charge on any atom is -0.444 e. The van der Waals surface area contributed by atoms with Gasteiger partial charge in [-0.15, -0.1) is 0 Å². The lowest BCUT2D eigenvalue weighted by Crippen LogP contribution is -2.63. The molecule has 1 fully saturated rings. The fourth-order valence-electron chi connectivity index (χ4n) is 2.15. The van der Waals surface area contributed by atoms with Crippen molar-refractivity contribution in [1.82, 2.24) is 10.2 Å². The summed E-state index contributed by atoms with van der Waals surface area (Å²) >= 11 is 0. The molecule has 1 saturated heterocycles. The normalized spacial score (nSPS) is 20.1. The first-order chi connectivity index (χ1) is 9.84. The van der Waals surface area contributed by atoms with Crippen molar-refractivity contribution < 1.29 is 14.6 Å². The van der Waals surface area contributed by atoms with E-state index in [0.29, 0.717) is 19.6 Å². The molecule has 1 rings (SSSR count). The molecule has 1 atom stereocenters. The highest BCUT2D eigenvalue weighted by molar-refractivity contribution is 5.68. The van der Waals surface area contributed by atoms with Crippen LogP contribution >= 0.6 is 0 Å². The molecule has 5 heteroatoms. The van der Waals surface area contributed by atoms with Crippen molar-refractivity contribution in [2.24, 2.45) is 5.41 Å². The zero-order valence-electron chi connectivity index (χ0n) is 15.9. The van der Waals surface area contributed by atoms with E-state index in [1.165, 1.54) is 0 Å². The van der Waals surface area contributed by atoms with Crippen LogP contribution in [0.4, 0.5) is 4.79 Å². The third-order valence-electron chi connectivity index (χ3n) is 4.28. The molecule has 1 heterocycles. The largest absolute Gasteiger partial charge is 0.444 e. The molecule has 0 aromatic carbocycles. The van der Waals surface area contributed by atoms with E-state index >= 15 is 0 Å². The SMILES string of the molecule is CC.CC(C)(C)OC(=O)N1CCNC(C(C)(C)C(C)(C)O)C1. The van der Waals surface area contributed by atoms with Gasteiger partial charge in [0.25, 0.3) is 0 Å². The summed E-state index contributed by atoms with van der Waals surface area (Å²) in [7, 11) is 0. The van der Waals surface area contributed by atoms with Crippen LogP contribution in [0, 0.1) is 5.41 Å². The van der Waals surface area contributed by atoms with Gasteiger partial charge >= 0.3 is 6.09 Å². The number of amides is 1. The van der Waals surface area contributed by atoms with Crippen molar-refractivity contribution in [3.05, 3.63) is 0 Å². The summed E-state index contributed by atoms with van der Waals surface area (Å²) in [6, 6.07) is 0.0313. The van der Waals surface area contributed by atoms with E-state index in [1.807, 2.05) is 48.5 Å². The average molecular weight is 316 g/mol. The number of rotatable bonds is 2. The van der Waals surface area contributed by atoms with Gasteiger partial charge in [-0.2, -0.15) is 0 Å². The van der Waals surface area contributed by atoms with Crippen molar-refractivity contribution >= 4 is 6.09 Å². The first kappa shape index (κ1) is 21.2. The van der Waals surface area contributed by atoms with Gasteiger partial charge in [0.05, 0.1) is 5.60 Å². The second-order valence-electron chi connectivity index (χ2n) is 7.71.